The van der Waals surface area contributed by atoms with Crippen LogP contribution in [0.2, 0.25) is 0 Å². The van der Waals surface area contributed by atoms with Gasteiger partial charge >= 0.3 is 0 Å². The number of hydrogen-bond acceptors (Lipinski definition) is 6. The average molecular weight is 352 g/mol. The Kier molecular flexibility index (Phi) is 6.33. The van der Waals surface area contributed by atoms with E-state index >= 15 is 0 Å². The van der Waals surface area contributed by atoms with Crippen molar-refractivity contribution in [2.75, 3.05) is 30.0 Å². The third-order valence-electron chi connectivity index (χ3n) is 2.94. The van der Waals surface area contributed by atoms with Crippen LogP contribution in [0.15, 0.2) is 34.2 Å². The van der Waals surface area contributed by atoms with Crippen molar-refractivity contribution in [3.63, 3.8) is 0 Å². The summed E-state index contributed by atoms with van der Waals surface area (Å²) < 4.78 is 18.1. The summed E-state index contributed by atoms with van der Waals surface area (Å²) in [4.78, 5) is 30.7. The van der Waals surface area contributed by atoms with E-state index in [1.807, 2.05) is 6.92 Å². The van der Waals surface area contributed by atoms with Crippen molar-refractivity contribution in [3.05, 3.63) is 46.0 Å². The molecule has 0 atom stereocenters. The van der Waals surface area contributed by atoms with Gasteiger partial charge in [-0.25, -0.2) is 9.37 Å². The summed E-state index contributed by atoms with van der Waals surface area (Å²) in [5.74, 6) is -0.518. The molecule has 0 radical (unpaired) electrons. The number of halogens is 1. The fraction of sp³-hybridized carbons (Fsp3) is 0.267. The van der Waals surface area contributed by atoms with E-state index in [1.165, 1.54) is 23.9 Å². The molecule has 7 nitrogen and oxygen atoms in total. The maximum absolute atomic E-state index is 12.9. The molecule has 0 fully saturated rings. The van der Waals surface area contributed by atoms with Gasteiger partial charge in [0.2, 0.25) is 0 Å². The number of anilines is 2. The van der Waals surface area contributed by atoms with Gasteiger partial charge in [0.25, 0.3) is 11.5 Å². The molecule has 9 heteroatoms. The lowest BCUT2D eigenvalue weighted by atomic mass is 10.2. The standard InChI is InChI=1S/C15H17FN4O3S/c1-2-23-7-8-24-15-19-12(17)11(14(22)20-15)18-13(21)9-3-5-10(16)6-4-9/h3-6H,2,7-8H2,1H3,(H,18,21)(H3,17,19,20,22). The first kappa shape index (κ1) is 18.0. The quantitative estimate of drug-likeness (QED) is 0.399. The van der Waals surface area contributed by atoms with Gasteiger partial charge in [-0.1, -0.05) is 11.8 Å². The normalized spacial score (nSPS) is 10.6. The topological polar surface area (TPSA) is 110 Å². The van der Waals surface area contributed by atoms with Crippen molar-refractivity contribution in [1.82, 2.24) is 9.97 Å². The molecule has 1 amide bonds. The molecule has 0 aliphatic carbocycles. The first-order valence-electron chi connectivity index (χ1n) is 7.18. The highest BCUT2D eigenvalue weighted by molar-refractivity contribution is 7.99. The van der Waals surface area contributed by atoms with Crippen LogP contribution in [0.3, 0.4) is 0 Å². The van der Waals surface area contributed by atoms with Crippen LogP contribution < -0.4 is 16.6 Å². The molecule has 2 rings (SSSR count). The average Bonchev–Trinajstić information content (AvgIpc) is 2.55. The number of hydrogen-bond donors (Lipinski definition) is 3. The molecule has 0 aliphatic rings. The van der Waals surface area contributed by atoms with Crippen LogP contribution >= 0.6 is 11.8 Å². The summed E-state index contributed by atoms with van der Waals surface area (Å²) >= 11 is 1.29. The number of aromatic nitrogens is 2. The Hall–Kier alpha value is -2.39. The lowest BCUT2D eigenvalue weighted by Gasteiger charge is -2.08. The SMILES string of the molecule is CCOCCSc1nc(N)c(NC(=O)c2ccc(F)cc2)c(=O)[nH]1. The van der Waals surface area contributed by atoms with E-state index in [-0.39, 0.29) is 17.1 Å². The highest BCUT2D eigenvalue weighted by Gasteiger charge is 2.14. The number of benzene rings is 1. The predicted molar refractivity (Wildman–Crippen MR) is 90.8 cm³/mol. The molecule has 128 valence electrons. The number of carbonyl (C=O) groups is 1. The Bertz CT molecular complexity index is 764. The first-order valence-corrected chi connectivity index (χ1v) is 8.17. The van der Waals surface area contributed by atoms with E-state index in [1.54, 1.807) is 0 Å². The van der Waals surface area contributed by atoms with Gasteiger partial charge in [0.05, 0.1) is 6.61 Å². The second-order valence-electron chi connectivity index (χ2n) is 4.64. The summed E-state index contributed by atoms with van der Waals surface area (Å²) in [7, 11) is 0. The van der Waals surface area contributed by atoms with Crippen molar-refractivity contribution in [3.8, 4) is 0 Å². The number of amides is 1. The van der Waals surface area contributed by atoms with Crippen molar-refractivity contribution >= 4 is 29.2 Å². The monoisotopic (exact) mass is 352 g/mol. The van der Waals surface area contributed by atoms with E-state index in [2.05, 4.69) is 15.3 Å². The minimum atomic E-state index is -0.578. The number of nitrogens with one attached hydrogen (secondary N) is 2. The van der Waals surface area contributed by atoms with Gasteiger partial charge in [-0.15, -0.1) is 0 Å². The Morgan fingerprint density at radius 3 is 2.75 bits per heavy atom. The zero-order valence-corrected chi connectivity index (χ0v) is 13.8. The number of H-pyrrole nitrogens is 1. The molecule has 24 heavy (non-hydrogen) atoms. The number of aromatic amines is 1. The van der Waals surface area contributed by atoms with Crippen LogP contribution in [0, 0.1) is 5.82 Å². The fourth-order valence-corrected chi connectivity index (χ4v) is 2.51. The van der Waals surface area contributed by atoms with Gasteiger partial charge in [-0.05, 0) is 31.2 Å². The Morgan fingerprint density at radius 2 is 2.12 bits per heavy atom. The van der Waals surface area contributed by atoms with Crippen molar-refractivity contribution < 1.29 is 13.9 Å². The molecule has 0 spiro atoms. The maximum atomic E-state index is 12.9. The second-order valence-corrected chi connectivity index (χ2v) is 5.72. The Morgan fingerprint density at radius 1 is 1.42 bits per heavy atom. The Labute approximate surface area is 141 Å². The largest absolute Gasteiger partial charge is 0.382 e. The van der Waals surface area contributed by atoms with Gasteiger partial charge in [0.1, 0.15) is 11.5 Å². The predicted octanol–water partition coefficient (Wildman–Crippen LogP) is 1.87. The molecular formula is C15H17FN4O3S. The second kappa shape index (κ2) is 8.46. The molecule has 0 saturated carbocycles. The lowest BCUT2D eigenvalue weighted by molar-refractivity contribution is 0.102. The highest BCUT2D eigenvalue weighted by Crippen LogP contribution is 2.17. The van der Waals surface area contributed by atoms with Gasteiger partial charge in [-0.2, -0.15) is 0 Å². The zero-order valence-electron chi connectivity index (χ0n) is 13.0. The number of ether oxygens (including phenoxy) is 1. The van der Waals surface area contributed by atoms with Crippen molar-refractivity contribution in [2.24, 2.45) is 0 Å². The molecule has 0 bridgehead atoms. The minimum Gasteiger partial charge on any atom is -0.382 e. The summed E-state index contributed by atoms with van der Waals surface area (Å²) in [5.41, 5.74) is 5.25. The van der Waals surface area contributed by atoms with E-state index in [9.17, 15) is 14.0 Å². The summed E-state index contributed by atoms with van der Waals surface area (Å²) in [6.45, 7) is 3.02. The van der Waals surface area contributed by atoms with Gasteiger partial charge in [-0.3, -0.25) is 14.6 Å². The third kappa shape index (κ3) is 4.80. The van der Waals surface area contributed by atoms with Gasteiger partial charge < -0.3 is 15.8 Å². The summed E-state index contributed by atoms with van der Waals surface area (Å²) in [6, 6.07) is 4.92. The molecule has 0 saturated heterocycles. The number of thioether (sulfide) groups is 1. The van der Waals surface area contributed by atoms with Crippen LogP contribution in [-0.2, 0) is 4.74 Å². The number of nitrogens with zero attached hydrogens (tertiary/aromatic N) is 1. The third-order valence-corrected chi connectivity index (χ3v) is 3.78. The lowest BCUT2D eigenvalue weighted by Crippen LogP contribution is -2.23. The number of nitrogens with two attached hydrogens (primary N) is 1. The van der Waals surface area contributed by atoms with Crippen molar-refractivity contribution in [2.45, 2.75) is 12.1 Å². The smallest absolute Gasteiger partial charge is 0.277 e. The van der Waals surface area contributed by atoms with Crippen LogP contribution in [0.4, 0.5) is 15.9 Å². The van der Waals surface area contributed by atoms with Crippen LogP contribution in [0.5, 0.6) is 0 Å². The molecule has 0 aliphatic heterocycles. The van der Waals surface area contributed by atoms with Gasteiger partial charge in [0.15, 0.2) is 11.0 Å². The van der Waals surface area contributed by atoms with Crippen LogP contribution in [-0.4, -0.2) is 34.8 Å². The van der Waals surface area contributed by atoms with Crippen LogP contribution in [0.1, 0.15) is 17.3 Å². The number of carbonyl (C=O) groups excluding carboxylic acids is 1. The van der Waals surface area contributed by atoms with E-state index in [4.69, 9.17) is 10.5 Å². The van der Waals surface area contributed by atoms with E-state index < -0.39 is 17.3 Å². The highest BCUT2D eigenvalue weighted by atomic mass is 32.2. The number of rotatable bonds is 7. The summed E-state index contributed by atoms with van der Waals surface area (Å²) in [6.07, 6.45) is 0. The van der Waals surface area contributed by atoms with Gasteiger partial charge in [0, 0.05) is 17.9 Å². The zero-order chi connectivity index (χ0) is 17.5. The van der Waals surface area contributed by atoms with Crippen LogP contribution in [0.25, 0.3) is 0 Å². The van der Waals surface area contributed by atoms with E-state index in [0.29, 0.717) is 24.1 Å². The molecule has 1 aromatic heterocycles. The summed E-state index contributed by atoms with van der Waals surface area (Å²) in [5, 5.41) is 2.74. The molecule has 1 aromatic carbocycles. The Balaban J connectivity index is 2.09. The first-order chi connectivity index (χ1) is 11.5. The molecule has 0 unspecified atom stereocenters. The molecule has 2 aromatic rings. The number of nitrogen functional groups attached to an aromatic ring is 1. The molecular weight excluding hydrogens is 335 g/mol. The molecule has 4 N–H and O–H groups in total. The fourth-order valence-electron chi connectivity index (χ4n) is 1.79. The maximum Gasteiger partial charge on any atom is 0.277 e. The van der Waals surface area contributed by atoms with E-state index in [0.717, 1.165) is 12.1 Å². The minimum absolute atomic E-state index is 0.0897. The van der Waals surface area contributed by atoms with Crippen molar-refractivity contribution in [1.29, 1.82) is 0 Å². The molecule has 1 heterocycles.